The van der Waals surface area contributed by atoms with Crippen molar-refractivity contribution in [2.45, 2.75) is 39.3 Å². The van der Waals surface area contributed by atoms with Crippen LogP contribution in [-0.4, -0.2) is 31.8 Å². The van der Waals surface area contributed by atoms with Crippen molar-refractivity contribution in [3.63, 3.8) is 0 Å². The van der Waals surface area contributed by atoms with E-state index in [9.17, 15) is 9.59 Å². The van der Waals surface area contributed by atoms with E-state index in [0.717, 1.165) is 0 Å². The van der Waals surface area contributed by atoms with Gasteiger partial charge in [0.05, 0.1) is 25.8 Å². The summed E-state index contributed by atoms with van der Waals surface area (Å²) in [6, 6.07) is 4.11. The van der Waals surface area contributed by atoms with Gasteiger partial charge >= 0.3 is 12.0 Å². The molecule has 2 rings (SSSR count). The Morgan fingerprint density at radius 2 is 1.84 bits per heavy atom. The van der Waals surface area contributed by atoms with E-state index in [0.29, 0.717) is 28.3 Å². The van der Waals surface area contributed by atoms with Gasteiger partial charge in [-0.05, 0) is 39.8 Å². The molecule has 0 aliphatic carbocycles. The number of urea groups is 1. The summed E-state index contributed by atoms with van der Waals surface area (Å²) < 4.78 is 16.1. The molecule has 0 spiro atoms. The molecule has 1 atom stereocenters. The minimum atomic E-state index is -0.690. The summed E-state index contributed by atoms with van der Waals surface area (Å²) in [6.07, 6.45) is 0. The van der Waals surface area contributed by atoms with Crippen molar-refractivity contribution in [2.24, 2.45) is 0 Å². The first-order valence-electron chi connectivity index (χ1n) is 7.90. The number of hydrogen-bond acceptors (Lipinski definition) is 5. The fraction of sp³-hybridized carbons (Fsp3) is 0.444. The standard InChI is InChI=1S/C18H24N2O5/c1-10-14(16(21)25-18(2,3)4)15(20-17(22)19-10)12-8-7-11(23-5)9-13(12)24-6/h7-9,15H,1-6H3,(H2,19,20,22). The second-order valence-electron chi connectivity index (χ2n) is 6.68. The summed E-state index contributed by atoms with van der Waals surface area (Å²) >= 11 is 0. The van der Waals surface area contributed by atoms with E-state index < -0.39 is 23.6 Å². The third-order valence-electron chi connectivity index (χ3n) is 3.64. The van der Waals surface area contributed by atoms with Gasteiger partial charge in [0, 0.05) is 17.3 Å². The van der Waals surface area contributed by atoms with E-state index in [-0.39, 0.29) is 0 Å². The van der Waals surface area contributed by atoms with Crippen molar-refractivity contribution in [2.75, 3.05) is 14.2 Å². The number of nitrogens with one attached hydrogen (secondary N) is 2. The Morgan fingerprint density at radius 1 is 1.16 bits per heavy atom. The zero-order chi connectivity index (χ0) is 18.8. The molecule has 0 aromatic heterocycles. The number of hydrogen-bond donors (Lipinski definition) is 2. The molecule has 1 aromatic carbocycles. The molecule has 1 unspecified atom stereocenters. The van der Waals surface area contributed by atoms with Gasteiger partial charge in [0.25, 0.3) is 0 Å². The van der Waals surface area contributed by atoms with Gasteiger partial charge in [-0.1, -0.05) is 0 Å². The van der Waals surface area contributed by atoms with Crippen molar-refractivity contribution < 1.29 is 23.8 Å². The summed E-state index contributed by atoms with van der Waals surface area (Å²) in [5, 5.41) is 5.38. The first-order valence-corrected chi connectivity index (χ1v) is 7.90. The molecule has 0 saturated heterocycles. The number of rotatable bonds is 4. The van der Waals surface area contributed by atoms with Gasteiger partial charge in [-0.15, -0.1) is 0 Å². The monoisotopic (exact) mass is 348 g/mol. The van der Waals surface area contributed by atoms with Crippen molar-refractivity contribution in [3.8, 4) is 11.5 Å². The predicted octanol–water partition coefficient (Wildman–Crippen LogP) is 2.67. The van der Waals surface area contributed by atoms with Crippen LogP contribution in [0.1, 0.15) is 39.3 Å². The Bertz CT molecular complexity index is 719. The second-order valence-corrected chi connectivity index (χ2v) is 6.68. The Kier molecular flexibility index (Phi) is 5.25. The fourth-order valence-electron chi connectivity index (χ4n) is 2.59. The maximum atomic E-state index is 12.7. The molecule has 7 nitrogen and oxygen atoms in total. The van der Waals surface area contributed by atoms with E-state index in [4.69, 9.17) is 14.2 Å². The third-order valence-corrected chi connectivity index (χ3v) is 3.64. The number of amides is 2. The highest BCUT2D eigenvalue weighted by atomic mass is 16.6. The first-order chi connectivity index (χ1) is 11.7. The number of esters is 1. The molecule has 2 N–H and O–H groups in total. The van der Waals surface area contributed by atoms with Gasteiger partial charge in [0.1, 0.15) is 17.1 Å². The smallest absolute Gasteiger partial charge is 0.338 e. The van der Waals surface area contributed by atoms with Crippen LogP contribution in [-0.2, 0) is 9.53 Å². The van der Waals surface area contributed by atoms with Crippen LogP contribution in [0.2, 0.25) is 0 Å². The highest BCUT2D eigenvalue weighted by Gasteiger charge is 2.35. The van der Waals surface area contributed by atoms with Crippen LogP contribution in [0.3, 0.4) is 0 Å². The van der Waals surface area contributed by atoms with E-state index in [1.165, 1.54) is 7.11 Å². The van der Waals surface area contributed by atoms with Gasteiger partial charge in [-0.25, -0.2) is 9.59 Å². The van der Waals surface area contributed by atoms with Crippen LogP contribution in [0.5, 0.6) is 11.5 Å². The van der Waals surface area contributed by atoms with Crippen molar-refractivity contribution in [3.05, 3.63) is 35.0 Å². The molecule has 1 aliphatic rings. The fourth-order valence-corrected chi connectivity index (χ4v) is 2.59. The number of ether oxygens (including phenoxy) is 3. The minimum absolute atomic E-state index is 0.331. The van der Waals surface area contributed by atoms with Gasteiger partial charge < -0.3 is 24.8 Å². The second kappa shape index (κ2) is 7.04. The number of benzene rings is 1. The maximum absolute atomic E-state index is 12.7. The van der Waals surface area contributed by atoms with E-state index >= 15 is 0 Å². The Hall–Kier alpha value is -2.70. The molecule has 1 aromatic rings. The number of methoxy groups -OCH3 is 2. The first kappa shape index (κ1) is 18.6. The van der Waals surface area contributed by atoms with Crippen molar-refractivity contribution in [1.29, 1.82) is 0 Å². The van der Waals surface area contributed by atoms with Crippen LogP contribution >= 0.6 is 0 Å². The number of carbonyl (C=O) groups excluding carboxylic acids is 2. The van der Waals surface area contributed by atoms with E-state index in [2.05, 4.69) is 10.6 Å². The normalized spacial score (nSPS) is 17.5. The topological polar surface area (TPSA) is 85.9 Å². The lowest BCUT2D eigenvalue weighted by atomic mass is 9.94. The van der Waals surface area contributed by atoms with Gasteiger partial charge in [-0.2, -0.15) is 0 Å². The lowest BCUT2D eigenvalue weighted by molar-refractivity contribution is -0.150. The highest BCUT2D eigenvalue weighted by molar-refractivity contribution is 5.95. The Balaban J connectivity index is 2.51. The predicted molar refractivity (Wildman–Crippen MR) is 92.5 cm³/mol. The molecule has 7 heteroatoms. The zero-order valence-electron chi connectivity index (χ0n) is 15.4. The molecule has 1 aliphatic heterocycles. The van der Waals surface area contributed by atoms with Crippen molar-refractivity contribution in [1.82, 2.24) is 10.6 Å². The molecular formula is C18H24N2O5. The quantitative estimate of drug-likeness (QED) is 0.817. The van der Waals surface area contributed by atoms with Crippen LogP contribution in [0.25, 0.3) is 0 Å². The van der Waals surface area contributed by atoms with E-state index in [1.54, 1.807) is 53.0 Å². The number of allylic oxidation sites excluding steroid dienone is 1. The molecule has 136 valence electrons. The molecule has 0 fully saturated rings. The summed E-state index contributed by atoms with van der Waals surface area (Å²) in [5.41, 5.74) is 0.762. The molecule has 0 bridgehead atoms. The van der Waals surface area contributed by atoms with Crippen molar-refractivity contribution >= 4 is 12.0 Å². The average molecular weight is 348 g/mol. The minimum Gasteiger partial charge on any atom is -0.497 e. The third kappa shape index (κ3) is 4.23. The summed E-state index contributed by atoms with van der Waals surface area (Å²) in [4.78, 5) is 24.7. The van der Waals surface area contributed by atoms with Gasteiger partial charge in [0.2, 0.25) is 0 Å². The lowest BCUT2D eigenvalue weighted by Gasteiger charge is -2.31. The summed E-state index contributed by atoms with van der Waals surface area (Å²) in [7, 11) is 3.07. The summed E-state index contributed by atoms with van der Waals surface area (Å²) in [5.74, 6) is 0.612. The van der Waals surface area contributed by atoms with Gasteiger partial charge in [-0.3, -0.25) is 0 Å². The van der Waals surface area contributed by atoms with Crippen LogP contribution in [0.15, 0.2) is 29.5 Å². The molecule has 1 heterocycles. The molecular weight excluding hydrogens is 324 g/mol. The largest absolute Gasteiger partial charge is 0.497 e. The molecule has 2 amide bonds. The average Bonchev–Trinajstić information content (AvgIpc) is 2.51. The van der Waals surface area contributed by atoms with Crippen LogP contribution in [0.4, 0.5) is 4.79 Å². The molecule has 0 saturated carbocycles. The van der Waals surface area contributed by atoms with Crippen LogP contribution < -0.4 is 20.1 Å². The lowest BCUT2D eigenvalue weighted by Crippen LogP contribution is -2.46. The number of carbonyl (C=O) groups is 2. The summed E-state index contributed by atoms with van der Waals surface area (Å²) in [6.45, 7) is 7.04. The van der Waals surface area contributed by atoms with Gasteiger partial charge in [0.15, 0.2) is 0 Å². The maximum Gasteiger partial charge on any atom is 0.338 e. The van der Waals surface area contributed by atoms with Crippen LogP contribution in [0, 0.1) is 0 Å². The Labute approximate surface area is 147 Å². The molecule has 25 heavy (non-hydrogen) atoms. The SMILES string of the molecule is COc1ccc(C2NC(=O)NC(C)=C2C(=O)OC(C)(C)C)c(OC)c1. The zero-order valence-corrected chi connectivity index (χ0v) is 15.4. The molecule has 0 radical (unpaired) electrons. The Morgan fingerprint density at radius 3 is 2.40 bits per heavy atom. The van der Waals surface area contributed by atoms with E-state index in [1.807, 2.05) is 0 Å². The highest BCUT2D eigenvalue weighted by Crippen LogP contribution is 2.36.